The second-order valence-electron chi connectivity index (χ2n) is 8.60. The number of aryl methyl sites for hydroxylation is 1. The Labute approximate surface area is 178 Å². The van der Waals surface area contributed by atoms with Crippen molar-refractivity contribution < 1.29 is 22.6 Å². The summed E-state index contributed by atoms with van der Waals surface area (Å²) in [7, 11) is 1.69. The first-order chi connectivity index (χ1) is 14.8. The van der Waals surface area contributed by atoms with E-state index in [1.54, 1.807) is 35.9 Å². The molecule has 0 saturated heterocycles. The highest BCUT2D eigenvalue weighted by atomic mass is 19.3. The summed E-state index contributed by atoms with van der Waals surface area (Å²) >= 11 is 0. The maximum atomic E-state index is 13.5. The van der Waals surface area contributed by atoms with Gasteiger partial charge in [-0.3, -0.25) is 4.40 Å². The van der Waals surface area contributed by atoms with E-state index in [0.717, 1.165) is 36.8 Å². The van der Waals surface area contributed by atoms with E-state index in [1.807, 2.05) is 6.92 Å². The highest BCUT2D eigenvalue weighted by molar-refractivity contribution is 5.54. The molecule has 1 aromatic carbocycles. The van der Waals surface area contributed by atoms with Crippen LogP contribution in [0.3, 0.4) is 0 Å². The van der Waals surface area contributed by atoms with Crippen molar-refractivity contribution in [3.05, 3.63) is 59.3 Å². The van der Waals surface area contributed by atoms with Crippen molar-refractivity contribution in [3.8, 4) is 5.75 Å². The Morgan fingerprint density at radius 1 is 1.06 bits per heavy atom. The number of rotatable bonds is 5. The van der Waals surface area contributed by atoms with Gasteiger partial charge in [-0.2, -0.15) is 0 Å². The van der Waals surface area contributed by atoms with Crippen LogP contribution in [0.4, 0.5) is 13.2 Å². The Bertz CT molecular complexity index is 1110. The predicted molar refractivity (Wildman–Crippen MR) is 108 cm³/mol. The fourth-order valence-corrected chi connectivity index (χ4v) is 4.66. The van der Waals surface area contributed by atoms with Crippen molar-refractivity contribution in [1.82, 2.24) is 14.6 Å². The van der Waals surface area contributed by atoms with Gasteiger partial charge in [0.05, 0.1) is 17.6 Å². The van der Waals surface area contributed by atoms with Gasteiger partial charge in [-0.25, -0.2) is 13.2 Å². The van der Waals surface area contributed by atoms with Crippen LogP contribution in [0.25, 0.3) is 5.65 Å². The van der Waals surface area contributed by atoms with Gasteiger partial charge in [-0.05, 0) is 56.4 Å². The fraction of sp³-hybridized carbons (Fsp3) is 0.478. The first-order valence-corrected chi connectivity index (χ1v) is 10.5. The number of fused-ring (bicyclic) bond motifs is 1. The zero-order valence-corrected chi connectivity index (χ0v) is 17.4. The van der Waals surface area contributed by atoms with E-state index >= 15 is 0 Å². The molecule has 0 bridgehead atoms. The third kappa shape index (κ3) is 3.46. The average molecular weight is 431 g/mol. The molecule has 0 radical (unpaired) electrons. The van der Waals surface area contributed by atoms with Crippen molar-refractivity contribution in [2.45, 2.75) is 62.6 Å². The molecule has 1 unspecified atom stereocenters. The van der Waals surface area contributed by atoms with Gasteiger partial charge < -0.3 is 9.47 Å². The number of ether oxygens (including phenoxy) is 2. The lowest BCUT2D eigenvalue weighted by Crippen LogP contribution is -2.37. The maximum Gasteiger partial charge on any atom is 0.259 e. The first kappa shape index (κ1) is 20.3. The Morgan fingerprint density at radius 3 is 2.35 bits per heavy atom. The second-order valence-corrected chi connectivity index (χ2v) is 8.60. The zero-order chi connectivity index (χ0) is 21.8. The molecule has 2 aromatic heterocycles. The minimum absolute atomic E-state index is 0.0000283. The van der Waals surface area contributed by atoms with Gasteiger partial charge in [0.1, 0.15) is 17.4 Å². The van der Waals surface area contributed by atoms with Crippen LogP contribution in [0.15, 0.2) is 36.5 Å². The van der Waals surface area contributed by atoms with E-state index in [-0.39, 0.29) is 18.3 Å². The lowest BCUT2D eigenvalue weighted by Gasteiger charge is -2.39. The second kappa shape index (κ2) is 7.22. The molecule has 2 heterocycles. The molecule has 2 fully saturated rings. The monoisotopic (exact) mass is 431 g/mol. The largest absolute Gasteiger partial charge is 0.490 e. The van der Waals surface area contributed by atoms with E-state index < -0.39 is 17.4 Å². The first-order valence-electron chi connectivity index (χ1n) is 10.5. The normalized spacial score (nSPS) is 27.4. The van der Waals surface area contributed by atoms with E-state index in [4.69, 9.17) is 9.47 Å². The molecule has 0 amide bonds. The number of hydrogen-bond acceptors (Lipinski definition) is 4. The number of nitrogens with zero attached hydrogens (tertiary/aromatic N) is 3. The van der Waals surface area contributed by atoms with Crippen LogP contribution >= 0.6 is 0 Å². The molecule has 2 saturated carbocycles. The third-order valence-electron chi connectivity index (χ3n) is 6.73. The summed E-state index contributed by atoms with van der Waals surface area (Å²) in [6.07, 6.45) is 4.61. The maximum absolute atomic E-state index is 13.5. The molecule has 5 nitrogen and oxygen atoms in total. The molecule has 1 atom stereocenters. The Hall–Kier alpha value is -2.61. The number of benzene rings is 1. The van der Waals surface area contributed by atoms with Crippen LogP contribution in [0.2, 0.25) is 0 Å². The number of halogens is 3. The summed E-state index contributed by atoms with van der Waals surface area (Å²) in [4.78, 5) is 0. The molecular formula is C23H24F3N3O2. The molecule has 2 aliphatic rings. The summed E-state index contributed by atoms with van der Waals surface area (Å²) < 4.78 is 54.0. The highest BCUT2D eigenvalue weighted by Gasteiger charge is 2.60. The Morgan fingerprint density at radius 2 is 1.74 bits per heavy atom. The molecule has 164 valence electrons. The summed E-state index contributed by atoms with van der Waals surface area (Å²) in [6, 6.07) is 8.28. The Balaban J connectivity index is 1.31. The van der Waals surface area contributed by atoms with E-state index in [9.17, 15) is 13.2 Å². The van der Waals surface area contributed by atoms with Crippen molar-refractivity contribution in [2.24, 2.45) is 0 Å². The number of hydrogen-bond donors (Lipinski definition) is 0. The molecular weight excluding hydrogens is 407 g/mol. The van der Waals surface area contributed by atoms with E-state index in [0.29, 0.717) is 17.2 Å². The standard InChI is InChI=1S/C23H24F3N3O2/c1-14-19(9-12-29-20(14)27-28-21(29)18-13-23(18,25)26)31-17-7-10-22(30-2,11-8-17)15-3-5-16(24)6-4-15/h3-6,9,12,17-18H,7-8,10-11,13H2,1-2H3. The van der Waals surface area contributed by atoms with Crippen LogP contribution < -0.4 is 4.74 Å². The topological polar surface area (TPSA) is 48.7 Å². The van der Waals surface area contributed by atoms with Crippen molar-refractivity contribution in [3.63, 3.8) is 0 Å². The minimum atomic E-state index is -2.69. The zero-order valence-electron chi connectivity index (χ0n) is 17.4. The molecule has 3 aromatic rings. The predicted octanol–water partition coefficient (Wildman–Crippen LogP) is 5.16. The van der Waals surface area contributed by atoms with Gasteiger partial charge in [0.2, 0.25) is 0 Å². The fourth-order valence-electron chi connectivity index (χ4n) is 4.66. The third-order valence-corrected chi connectivity index (χ3v) is 6.73. The van der Waals surface area contributed by atoms with Crippen molar-refractivity contribution in [2.75, 3.05) is 7.11 Å². The Kier molecular flexibility index (Phi) is 4.73. The van der Waals surface area contributed by atoms with Gasteiger partial charge in [-0.15, -0.1) is 10.2 Å². The van der Waals surface area contributed by atoms with Crippen LogP contribution in [0.1, 0.15) is 55.0 Å². The van der Waals surface area contributed by atoms with E-state index in [1.165, 1.54) is 12.1 Å². The van der Waals surface area contributed by atoms with Gasteiger partial charge in [0.15, 0.2) is 5.65 Å². The van der Waals surface area contributed by atoms with E-state index in [2.05, 4.69) is 10.2 Å². The van der Waals surface area contributed by atoms with Crippen molar-refractivity contribution >= 4 is 5.65 Å². The number of pyridine rings is 1. The average Bonchev–Trinajstić information content (AvgIpc) is 3.19. The SMILES string of the molecule is COC1(c2ccc(F)cc2)CCC(Oc2ccn3c(C4CC4(F)F)nnc3c2C)CC1. The number of aromatic nitrogens is 3. The van der Waals surface area contributed by atoms with Crippen LogP contribution in [-0.4, -0.2) is 33.7 Å². The smallest absolute Gasteiger partial charge is 0.259 e. The van der Waals surface area contributed by atoms with Gasteiger partial charge >= 0.3 is 0 Å². The molecule has 0 N–H and O–H groups in total. The summed E-state index contributed by atoms with van der Waals surface area (Å²) in [6.45, 7) is 1.87. The molecule has 31 heavy (non-hydrogen) atoms. The van der Waals surface area contributed by atoms with Gasteiger partial charge in [0.25, 0.3) is 5.92 Å². The molecule has 8 heteroatoms. The summed E-state index contributed by atoms with van der Waals surface area (Å²) in [5, 5.41) is 8.14. The van der Waals surface area contributed by atoms with Gasteiger partial charge in [-0.1, -0.05) is 12.1 Å². The number of methoxy groups -OCH3 is 1. The highest BCUT2D eigenvalue weighted by Crippen LogP contribution is 2.55. The van der Waals surface area contributed by atoms with Crippen molar-refractivity contribution in [1.29, 1.82) is 0 Å². The van der Waals surface area contributed by atoms with Crippen LogP contribution in [0.5, 0.6) is 5.75 Å². The molecule has 2 aliphatic carbocycles. The number of alkyl halides is 2. The summed E-state index contributed by atoms with van der Waals surface area (Å²) in [5.74, 6) is -2.82. The lowest BCUT2D eigenvalue weighted by atomic mass is 9.78. The van der Waals surface area contributed by atoms with Crippen LogP contribution in [0, 0.1) is 12.7 Å². The quantitative estimate of drug-likeness (QED) is 0.560. The lowest BCUT2D eigenvalue weighted by molar-refractivity contribution is -0.0650. The van der Waals surface area contributed by atoms with Gasteiger partial charge in [0, 0.05) is 25.3 Å². The minimum Gasteiger partial charge on any atom is -0.490 e. The van der Waals surface area contributed by atoms with Crippen LogP contribution in [-0.2, 0) is 10.3 Å². The molecule has 5 rings (SSSR count). The molecule has 0 spiro atoms. The molecule has 0 aliphatic heterocycles. The summed E-state index contributed by atoms with van der Waals surface area (Å²) in [5.41, 5.74) is 1.86.